The normalized spacial score (nSPS) is 14.6. The van der Waals surface area contributed by atoms with E-state index in [0.717, 1.165) is 22.9 Å². The van der Waals surface area contributed by atoms with Crippen LogP contribution in [-0.4, -0.2) is 21.0 Å². The number of benzene rings is 1. The van der Waals surface area contributed by atoms with Gasteiger partial charge in [0.25, 0.3) is 0 Å². The van der Waals surface area contributed by atoms with Gasteiger partial charge in [0.05, 0.1) is 5.52 Å². The van der Waals surface area contributed by atoms with Gasteiger partial charge in [-0.25, -0.2) is 0 Å². The van der Waals surface area contributed by atoms with Crippen LogP contribution in [0, 0.1) is 0 Å². The van der Waals surface area contributed by atoms with Gasteiger partial charge in [0.2, 0.25) is 0 Å². The van der Waals surface area contributed by atoms with Crippen molar-refractivity contribution in [2.75, 3.05) is 6.54 Å². The van der Waals surface area contributed by atoms with Crippen LogP contribution in [0.15, 0.2) is 36.5 Å². The predicted molar refractivity (Wildman–Crippen MR) is 76.7 cm³/mol. The maximum atomic E-state index is 12.2. The van der Waals surface area contributed by atoms with Crippen LogP contribution >= 0.6 is 0 Å². The first kappa shape index (κ1) is 13.2. The van der Waals surface area contributed by atoms with Gasteiger partial charge < -0.3 is 5.73 Å². The third kappa shape index (κ3) is 2.94. The number of hydrogen-bond acceptors (Lipinski definition) is 3. The summed E-state index contributed by atoms with van der Waals surface area (Å²) in [6, 6.07) is 9.91. The van der Waals surface area contributed by atoms with Gasteiger partial charge >= 0.3 is 0 Å². The van der Waals surface area contributed by atoms with Gasteiger partial charge in [0.15, 0.2) is 0 Å². The summed E-state index contributed by atoms with van der Waals surface area (Å²) in [5.74, 6) is 0.574. The van der Waals surface area contributed by atoms with Gasteiger partial charge in [-0.1, -0.05) is 25.1 Å². The van der Waals surface area contributed by atoms with Crippen molar-refractivity contribution in [3.8, 4) is 0 Å². The number of nitrogens with two attached hydrogens (primary N) is 1. The summed E-state index contributed by atoms with van der Waals surface area (Å²) in [5, 5.41) is 1.23. The SMILES string of the molecule is CC(CCN)S(=O)Cc1ccnc2ccccc12. The molecule has 2 N–H and O–H groups in total. The van der Waals surface area contributed by atoms with E-state index in [1.165, 1.54) is 0 Å². The topological polar surface area (TPSA) is 56.0 Å². The van der Waals surface area contributed by atoms with Crippen molar-refractivity contribution in [3.05, 3.63) is 42.1 Å². The Morgan fingerprint density at radius 1 is 1.33 bits per heavy atom. The van der Waals surface area contributed by atoms with E-state index in [4.69, 9.17) is 5.73 Å². The molecule has 0 saturated carbocycles. The number of para-hydroxylation sites is 1. The van der Waals surface area contributed by atoms with Crippen molar-refractivity contribution in [1.29, 1.82) is 0 Å². The van der Waals surface area contributed by atoms with Crippen molar-refractivity contribution in [3.63, 3.8) is 0 Å². The quantitative estimate of drug-likeness (QED) is 0.899. The van der Waals surface area contributed by atoms with Gasteiger partial charge in [0, 0.05) is 33.4 Å². The van der Waals surface area contributed by atoms with E-state index >= 15 is 0 Å². The van der Waals surface area contributed by atoms with Crippen molar-refractivity contribution in [1.82, 2.24) is 4.98 Å². The number of pyridine rings is 1. The first-order chi connectivity index (χ1) is 8.72. The Labute approximate surface area is 110 Å². The number of aromatic nitrogens is 1. The fourth-order valence-electron chi connectivity index (χ4n) is 1.94. The molecule has 0 aliphatic carbocycles. The predicted octanol–water partition coefficient (Wildman–Crippen LogP) is 2.22. The highest BCUT2D eigenvalue weighted by molar-refractivity contribution is 7.84. The molecule has 3 nitrogen and oxygen atoms in total. The molecule has 0 spiro atoms. The minimum Gasteiger partial charge on any atom is -0.330 e. The van der Waals surface area contributed by atoms with Crippen molar-refractivity contribution in [2.24, 2.45) is 5.73 Å². The van der Waals surface area contributed by atoms with E-state index in [2.05, 4.69) is 4.98 Å². The molecule has 0 saturated heterocycles. The Hall–Kier alpha value is -1.26. The summed E-state index contributed by atoms with van der Waals surface area (Å²) < 4.78 is 12.2. The summed E-state index contributed by atoms with van der Waals surface area (Å²) >= 11 is 0. The third-order valence-electron chi connectivity index (χ3n) is 3.06. The van der Waals surface area contributed by atoms with Gasteiger partial charge in [-0.3, -0.25) is 9.19 Å². The first-order valence-corrected chi connectivity index (χ1v) is 7.50. The van der Waals surface area contributed by atoms with E-state index in [0.29, 0.717) is 12.3 Å². The van der Waals surface area contributed by atoms with E-state index in [1.807, 2.05) is 37.3 Å². The molecule has 1 heterocycles. The van der Waals surface area contributed by atoms with Crippen LogP contribution in [-0.2, 0) is 16.6 Å². The van der Waals surface area contributed by atoms with Crippen molar-refractivity contribution >= 4 is 21.7 Å². The lowest BCUT2D eigenvalue weighted by atomic mass is 10.1. The zero-order chi connectivity index (χ0) is 13.0. The molecule has 18 heavy (non-hydrogen) atoms. The summed E-state index contributed by atoms with van der Waals surface area (Å²) in [7, 11) is -0.879. The Morgan fingerprint density at radius 3 is 2.89 bits per heavy atom. The van der Waals surface area contributed by atoms with Crippen LogP contribution in [0.1, 0.15) is 18.9 Å². The monoisotopic (exact) mass is 262 g/mol. The Kier molecular flexibility index (Phi) is 4.44. The minimum atomic E-state index is -0.879. The molecule has 96 valence electrons. The third-order valence-corrected chi connectivity index (χ3v) is 4.79. The zero-order valence-corrected chi connectivity index (χ0v) is 11.3. The molecule has 0 radical (unpaired) electrons. The average Bonchev–Trinajstić information content (AvgIpc) is 2.39. The van der Waals surface area contributed by atoms with Gasteiger partial charge in [0.1, 0.15) is 0 Å². The molecule has 0 aliphatic rings. The summed E-state index contributed by atoms with van der Waals surface area (Å²) in [6.45, 7) is 2.58. The molecule has 2 rings (SSSR count). The van der Waals surface area contributed by atoms with E-state index in [9.17, 15) is 4.21 Å². The molecule has 0 bridgehead atoms. The standard InChI is InChI=1S/C14H18N2OS/c1-11(6-8-15)18(17)10-12-7-9-16-14-5-3-2-4-13(12)14/h2-5,7,9,11H,6,8,10,15H2,1H3. The van der Waals surface area contributed by atoms with Gasteiger partial charge in [-0.05, 0) is 30.7 Å². The second kappa shape index (κ2) is 6.07. The lowest BCUT2D eigenvalue weighted by Crippen LogP contribution is -2.17. The Morgan fingerprint density at radius 2 is 2.11 bits per heavy atom. The second-order valence-electron chi connectivity index (χ2n) is 4.40. The number of nitrogens with zero attached hydrogens (tertiary/aromatic N) is 1. The van der Waals surface area contributed by atoms with Crippen LogP contribution in [0.25, 0.3) is 10.9 Å². The molecular weight excluding hydrogens is 244 g/mol. The number of hydrogen-bond donors (Lipinski definition) is 1. The van der Waals surface area contributed by atoms with Crippen LogP contribution in [0.4, 0.5) is 0 Å². The van der Waals surface area contributed by atoms with Gasteiger partial charge in [-0.2, -0.15) is 0 Å². The lowest BCUT2D eigenvalue weighted by Gasteiger charge is -2.11. The minimum absolute atomic E-state index is 0.141. The molecule has 0 amide bonds. The molecule has 0 aliphatic heterocycles. The van der Waals surface area contributed by atoms with Crippen LogP contribution in [0.3, 0.4) is 0 Å². The smallest absolute Gasteiger partial charge is 0.0705 e. The number of rotatable bonds is 5. The van der Waals surface area contributed by atoms with Gasteiger partial charge in [-0.15, -0.1) is 0 Å². The van der Waals surface area contributed by atoms with E-state index in [1.54, 1.807) is 6.20 Å². The average molecular weight is 262 g/mol. The summed E-state index contributed by atoms with van der Waals surface area (Å²) in [5.41, 5.74) is 7.56. The van der Waals surface area contributed by atoms with Crippen LogP contribution < -0.4 is 5.73 Å². The molecule has 1 aromatic carbocycles. The highest BCUT2D eigenvalue weighted by atomic mass is 32.2. The highest BCUT2D eigenvalue weighted by Crippen LogP contribution is 2.19. The maximum Gasteiger partial charge on any atom is 0.0705 e. The van der Waals surface area contributed by atoms with Crippen LogP contribution in [0.2, 0.25) is 0 Å². The molecule has 2 aromatic rings. The molecule has 1 aromatic heterocycles. The fraction of sp³-hybridized carbons (Fsp3) is 0.357. The molecular formula is C14H18N2OS. The second-order valence-corrected chi connectivity index (χ2v) is 6.26. The van der Waals surface area contributed by atoms with Crippen LogP contribution in [0.5, 0.6) is 0 Å². The largest absolute Gasteiger partial charge is 0.330 e. The van der Waals surface area contributed by atoms with E-state index in [-0.39, 0.29) is 5.25 Å². The molecule has 0 fully saturated rings. The fourth-order valence-corrected chi connectivity index (χ4v) is 3.18. The molecule has 2 atom stereocenters. The number of fused-ring (bicyclic) bond motifs is 1. The lowest BCUT2D eigenvalue weighted by molar-refractivity contribution is 0.665. The first-order valence-electron chi connectivity index (χ1n) is 6.12. The summed E-state index contributed by atoms with van der Waals surface area (Å²) in [6.07, 6.45) is 2.58. The molecule has 4 heteroatoms. The maximum absolute atomic E-state index is 12.2. The van der Waals surface area contributed by atoms with E-state index < -0.39 is 10.8 Å². The Bertz CT molecular complexity index is 551. The zero-order valence-electron chi connectivity index (χ0n) is 10.5. The summed E-state index contributed by atoms with van der Waals surface area (Å²) in [4.78, 5) is 4.31. The Balaban J connectivity index is 2.24. The molecule has 2 unspecified atom stereocenters. The highest BCUT2D eigenvalue weighted by Gasteiger charge is 2.12. The van der Waals surface area contributed by atoms with Crippen molar-refractivity contribution in [2.45, 2.75) is 24.3 Å². The van der Waals surface area contributed by atoms with Crippen molar-refractivity contribution < 1.29 is 4.21 Å².